The predicted octanol–water partition coefficient (Wildman–Crippen LogP) is 2.29. The maximum Gasteiger partial charge on any atom is 0.0776 e. The van der Waals surface area contributed by atoms with Crippen LogP contribution in [-0.2, 0) is 6.54 Å². The number of aromatic nitrogens is 1. The molecule has 1 atom stereocenters. The minimum atomic E-state index is -0.346. The van der Waals surface area contributed by atoms with Gasteiger partial charge in [0.25, 0.3) is 0 Å². The van der Waals surface area contributed by atoms with Crippen LogP contribution in [0.3, 0.4) is 0 Å². The van der Waals surface area contributed by atoms with Crippen molar-refractivity contribution < 1.29 is 5.11 Å². The molecular formula is C10H17NOS. The monoisotopic (exact) mass is 199 g/mol. The highest BCUT2D eigenvalue weighted by molar-refractivity contribution is 7.98. The van der Waals surface area contributed by atoms with Crippen molar-refractivity contribution in [2.24, 2.45) is 0 Å². The van der Waals surface area contributed by atoms with Crippen LogP contribution in [0.15, 0.2) is 18.5 Å². The zero-order valence-electron chi connectivity index (χ0n) is 8.23. The van der Waals surface area contributed by atoms with Crippen LogP contribution in [0.5, 0.6) is 0 Å². The van der Waals surface area contributed by atoms with Crippen molar-refractivity contribution in [1.82, 2.24) is 4.57 Å². The SMILES string of the molecule is CSCCCn1ccc(C(C)O)c1. The van der Waals surface area contributed by atoms with E-state index in [4.69, 9.17) is 0 Å². The van der Waals surface area contributed by atoms with E-state index in [2.05, 4.69) is 10.8 Å². The molecule has 0 aliphatic rings. The Morgan fingerprint density at radius 2 is 2.38 bits per heavy atom. The average Bonchev–Trinajstić information content (AvgIpc) is 2.53. The van der Waals surface area contributed by atoms with Gasteiger partial charge in [-0.15, -0.1) is 0 Å². The van der Waals surface area contributed by atoms with Crippen LogP contribution in [0.1, 0.15) is 25.0 Å². The maximum absolute atomic E-state index is 9.29. The lowest BCUT2D eigenvalue weighted by Gasteiger charge is -2.01. The van der Waals surface area contributed by atoms with Crippen molar-refractivity contribution in [3.8, 4) is 0 Å². The highest BCUT2D eigenvalue weighted by Crippen LogP contribution is 2.12. The summed E-state index contributed by atoms with van der Waals surface area (Å²) < 4.78 is 2.14. The molecule has 1 unspecified atom stereocenters. The molecule has 13 heavy (non-hydrogen) atoms. The lowest BCUT2D eigenvalue weighted by molar-refractivity contribution is 0.199. The van der Waals surface area contributed by atoms with E-state index < -0.39 is 0 Å². The second-order valence-electron chi connectivity index (χ2n) is 3.20. The van der Waals surface area contributed by atoms with Gasteiger partial charge >= 0.3 is 0 Å². The normalized spacial score (nSPS) is 13.2. The van der Waals surface area contributed by atoms with E-state index in [9.17, 15) is 5.11 Å². The molecule has 3 heteroatoms. The Hall–Kier alpha value is -0.410. The molecule has 1 aromatic rings. The van der Waals surface area contributed by atoms with Crippen LogP contribution < -0.4 is 0 Å². The summed E-state index contributed by atoms with van der Waals surface area (Å²) in [7, 11) is 0. The van der Waals surface area contributed by atoms with E-state index in [0.717, 1.165) is 12.1 Å². The van der Waals surface area contributed by atoms with Crippen molar-refractivity contribution >= 4 is 11.8 Å². The number of hydrogen-bond acceptors (Lipinski definition) is 2. The Bertz CT molecular complexity index is 245. The lowest BCUT2D eigenvalue weighted by atomic mass is 10.2. The number of aryl methyl sites for hydroxylation is 1. The van der Waals surface area contributed by atoms with Crippen molar-refractivity contribution in [3.05, 3.63) is 24.0 Å². The van der Waals surface area contributed by atoms with Crippen molar-refractivity contribution in [3.63, 3.8) is 0 Å². The van der Waals surface area contributed by atoms with E-state index in [1.807, 2.05) is 30.2 Å². The molecule has 0 spiro atoms. The molecule has 1 heterocycles. The first-order valence-corrected chi connectivity index (χ1v) is 5.96. The summed E-state index contributed by atoms with van der Waals surface area (Å²) in [6, 6.07) is 1.98. The molecule has 0 aromatic carbocycles. The van der Waals surface area contributed by atoms with Gasteiger partial charge < -0.3 is 9.67 Å². The first kappa shape index (κ1) is 10.7. The first-order chi connectivity index (χ1) is 6.24. The Balaban J connectivity index is 2.40. The summed E-state index contributed by atoms with van der Waals surface area (Å²) in [6.07, 6.45) is 7.01. The molecule has 0 fully saturated rings. The van der Waals surface area contributed by atoms with Crippen LogP contribution in [0.4, 0.5) is 0 Å². The molecule has 0 saturated heterocycles. The summed E-state index contributed by atoms with van der Waals surface area (Å²) in [4.78, 5) is 0. The van der Waals surface area contributed by atoms with Gasteiger partial charge in [0.05, 0.1) is 6.10 Å². The number of rotatable bonds is 5. The van der Waals surface area contributed by atoms with Gasteiger partial charge in [-0.2, -0.15) is 11.8 Å². The van der Waals surface area contributed by atoms with E-state index in [-0.39, 0.29) is 6.10 Å². The third kappa shape index (κ3) is 3.44. The molecule has 1 aromatic heterocycles. The minimum absolute atomic E-state index is 0.346. The highest BCUT2D eigenvalue weighted by Gasteiger charge is 2.01. The Morgan fingerprint density at radius 1 is 1.62 bits per heavy atom. The molecular weight excluding hydrogens is 182 g/mol. The predicted molar refractivity (Wildman–Crippen MR) is 58.1 cm³/mol. The number of thioether (sulfide) groups is 1. The fourth-order valence-corrected chi connectivity index (χ4v) is 1.65. The van der Waals surface area contributed by atoms with Gasteiger partial charge in [-0.05, 0) is 37.0 Å². The van der Waals surface area contributed by atoms with Crippen LogP contribution in [0.25, 0.3) is 0 Å². The summed E-state index contributed by atoms with van der Waals surface area (Å²) in [5, 5.41) is 9.29. The van der Waals surface area contributed by atoms with Gasteiger partial charge in [0.15, 0.2) is 0 Å². The van der Waals surface area contributed by atoms with Gasteiger partial charge in [-0.3, -0.25) is 0 Å². The summed E-state index contributed by atoms with van der Waals surface area (Å²) in [6.45, 7) is 2.84. The van der Waals surface area contributed by atoms with Crippen LogP contribution in [0, 0.1) is 0 Å². The van der Waals surface area contributed by atoms with Gasteiger partial charge in [-0.1, -0.05) is 0 Å². The highest BCUT2D eigenvalue weighted by atomic mass is 32.2. The van der Waals surface area contributed by atoms with Crippen LogP contribution in [-0.4, -0.2) is 21.7 Å². The summed E-state index contributed by atoms with van der Waals surface area (Å²) in [5.74, 6) is 1.20. The average molecular weight is 199 g/mol. The van der Waals surface area contributed by atoms with Crippen LogP contribution in [0.2, 0.25) is 0 Å². The molecule has 1 rings (SSSR count). The number of aliphatic hydroxyl groups excluding tert-OH is 1. The molecule has 0 bridgehead atoms. The lowest BCUT2D eigenvalue weighted by Crippen LogP contribution is -1.96. The molecule has 2 nitrogen and oxygen atoms in total. The van der Waals surface area contributed by atoms with Gasteiger partial charge in [-0.25, -0.2) is 0 Å². The van der Waals surface area contributed by atoms with Gasteiger partial charge in [0.1, 0.15) is 0 Å². The van der Waals surface area contributed by atoms with Gasteiger partial charge in [0.2, 0.25) is 0 Å². The zero-order chi connectivity index (χ0) is 9.68. The molecule has 74 valence electrons. The third-order valence-electron chi connectivity index (χ3n) is 2.02. The second-order valence-corrected chi connectivity index (χ2v) is 4.19. The van der Waals surface area contributed by atoms with Crippen molar-refractivity contribution in [1.29, 1.82) is 0 Å². The molecule has 0 amide bonds. The standard InChI is InChI=1S/C10H17NOS/c1-9(12)10-4-6-11(8-10)5-3-7-13-2/h4,6,8-9,12H,3,5,7H2,1-2H3. The summed E-state index contributed by atoms with van der Waals surface area (Å²) in [5.41, 5.74) is 1.00. The van der Waals surface area contributed by atoms with E-state index in [1.54, 1.807) is 6.92 Å². The first-order valence-electron chi connectivity index (χ1n) is 4.56. The minimum Gasteiger partial charge on any atom is -0.389 e. The summed E-state index contributed by atoms with van der Waals surface area (Å²) >= 11 is 1.87. The van der Waals surface area contributed by atoms with E-state index in [1.165, 1.54) is 12.2 Å². The molecule has 0 radical (unpaired) electrons. The number of aliphatic hydroxyl groups is 1. The van der Waals surface area contributed by atoms with Crippen molar-refractivity contribution in [2.75, 3.05) is 12.0 Å². The largest absolute Gasteiger partial charge is 0.389 e. The molecule has 0 aliphatic heterocycles. The molecule has 0 aliphatic carbocycles. The third-order valence-corrected chi connectivity index (χ3v) is 2.72. The smallest absolute Gasteiger partial charge is 0.0776 e. The fourth-order valence-electron chi connectivity index (χ4n) is 1.24. The Labute approximate surface area is 84.0 Å². The van der Waals surface area contributed by atoms with Crippen molar-refractivity contribution in [2.45, 2.75) is 26.0 Å². The number of hydrogen-bond donors (Lipinski definition) is 1. The Kier molecular flexibility index (Phi) is 4.39. The maximum atomic E-state index is 9.29. The van der Waals surface area contributed by atoms with Gasteiger partial charge in [0, 0.05) is 18.9 Å². The molecule has 1 N–H and O–H groups in total. The fraction of sp³-hybridized carbons (Fsp3) is 0.600. The second kappa shape index (κ2) is 5.35. The topological polar surface area (TPSA) is 25.2 Å². The quantitative estimate of drug-likeness (QED) is 0.736. The van der Waals surface area contributed by atoms with Crippen LogP contribution >= 0.6 is 11.8 Å². The molecule has 0 saturated carbocycles. The number of nitrogens with zero attached hydrogens (tertiary/aromatic N) is 1. The van der Waals surface area contributed by atoms with E-state index >= 15 is 0 Å². The van der Waals surface area contributed by atoms with E-state index in [0.29, 0.717) is 0 Å². The Morgan fingerprint density at radius 3 is 2.92 bits per heavy atom. The zero-order valence-corrected chi connectivity index (χ0v) is 9.05.